The van der Waals surface area contributed by atoms with E-state index in [1.807, 2.05) is 0 Å². The molecule has 0 saturated carbocycles. The molecule has 27 heavy (non-hydrogen) atoms. The Kier molecular flexibility index (Phi) is 5.07. The molecule has 1 fully saturated rings. The Morgan fingerprint density at radius 1 is 1.19 bits per heavy atom. The van der Waals surface area contributed by atoms with Gasteiger partial charge in [0.1, 0.15) is 11.6 Å². The smallest absolute Gasteiger partial charge is 0.273 e. The predicted molar refractivity (Wildman–Crippen MR) is 95.3 cm³/mol. The first kappa shape index (κ1) is 18.4. The number of aryl methyl sites for hydroxylation is 1. The second kappa shape index (κ2) is 7.45. The van der Waals surface area contributed by atoms with Gasteiger partial charge in [0.05, 0.1) is 17.2 Å². The SMILES string of the molecule is Cc1ccc(N2CC(C(=O)NNC(=O)c3ccccc3O)CC2=O)c(F)c1. The van der Waals surface area contributed by atoms with Crippen molar-refractivity contribution < 1.29 is 23.9 Å². The summed E-state index contributed by atoms with van der Waals surface area (Å²) in [6.07, 6.45) is -0.0917. The van der Waals surface area contributed by atoms with Gasteiger partial charge in [0, 0.05) is 13.0 Å². The van der Waals surface area contributed by atoms with E-state index < -0.39 is 23.5 Å². The highest BCUT2D eigenvalue weighted by Gasteiger charge is 2.36. The van der Waals surface area contributed by atoms with Crippen LogP contribution < -0.4 is 15.8 Å². The van der Waals surface area contributed by atoms with Gasteiger partial charge < -0.3 is 10.0 Å². The average molecular weight is 371 g/mol. The topological polar surface area (TPSA) is 98.7 Å². The highest BCUT2D eigenvalue weighted by molar-refractivity contribution is 6.01. The van der Waals surface area contributed by atoms with Gasteiger partial charge >= 0.3 is 0 Å². The minimum Gasteiger partial charge on any atom is -0.507 e. The Labute approximate surface area is 154 Å². The summed E-state index contributed by atoms with van der Waals surface area (Å²) in [6, 6.07) is 10.4. The van der Waals surface area contributed by atoms with E-state index in [1.165, 1.54) is 29.2 Å². The number of aromatic hydroxyl groups is 1. The highest BCUT2D eigenvalue weighted by Crippen LogP contribution is 2.28. The van der Waals surface area contributed by atoms with Crippen LogP contribution in [0.2, 0.25) is 0 Å². The third kappa shape index (κ3) is 3.89. The van der Waals surface area contributed by atoms with Crippen LogP contribution in [0.4, 0.5) is 10.1 Å². The van der Waals surface area contributed by atoms with Gasteiger partial charge in [-0.15, -0.1) is 0 Å². The zero-order valence-corrected chi connectivity index (χ0v) is 14.5. The normalized spacial score (nSPS) is 16.3. The number of carbonyl (C=O) groups is 3. The number of para-hydroxylation sites is 1. The fraction of sp³-hybridized carbons (Fsp3) is 0.211. The van der Waals surface area contributed by atoms with Gasteiger partial charge in [0.25, 0.3) is 5.91 Å². The number of nitrogens with one attached hydrogen (secondary N) is 2. The number of anilines is 1. The molecule has 2 aromatic rings. The molecular formula is C19H18FN3O4. The van der Waals surface area contributed by atoms with Crippen molar-refractivity contribution in [3.8, 4) is 5.75 Å². The summed E-state index contributed by atoms with van der Waals surface area (Å²) in [6.45, 7) is 1.75. The molecule has 3 N–H and O–H groups in total. The van der Waals surface area contributed by atoms with Crippen molar-refractivity contribution in [3.05, 3.63) is 59.4 Å². The third-order valence-corrected chi connectivity index (χ3v) is 4.34. The van der Waals surface area contributed by atoms with Crippen molar-refractivity contribution in [2.24, 2.45) is 5.92 Å². The predicted octanol–water partition coefficient (Wildman–Crippen LogP) is 1.65. The van der Waals surface area contributed by atoms with Crippen LogP contribution in [-0.4, -0.2) is 29.4 Å². The zero-order valence-electron chi connectivity index (χ0n) is 14.5. The van der Waals surface area contributed by atoms with E-state index in [2.05, 4.69) is 10.9 Å². The van der Waals surface area contributed by atoms with E-state index in [4.69, 9.17) is 0 Å². The summed E-state index contributed by atoms with van der Waals surface area (Å²) in [5, 5.41) is 9.64. The van der Waals surface area contributed by atoms with Gasteiger partial charge in [-0.05, 0) is 36.8 Å². The van der Waals surface area contributed by atoms with E-state index in [0.29, 0.717) is 0 Å². The zero-order chi connectivity index (χ0) is 19.6. The van der Waals surface area contributed by atoms with Crippen LogP contribution in [0.3, 0.4) is 0 Å². The third-order valence-electron chi connectivity index (χ3n) is 4.34. The average Bonchev–Trinajstić information content (AvgIpc) is 3.01. The van der Waals surface area contributed by atoms with Gasteiger partial charge in [-0.2, -0.15) is 0 Å². The number of amides is 3. The second-order valence-corrected chi connectivity index (χ2v) is 6.32. The minimum atomic E-state index is -0.733. The van der Waals surface area contributed by atoms with E-state index in [0.717, 1.165) is 5.56 Å². The fourth-order valence-electron chi connectivity index (χ4n) is 2.90. The van der Waals surface area contributed by atoms with Gasteiger partial charge in [-0.3, -0.25) is 25.2 Å². The van der Waals surface area contributed by atoms with Crippen LogP contribution in [0, 0.1) is 18.7 Å². The van der Waals surface area contributed by atoms with Gasteiger partial charge in [0.2, 0.25) is 11.8 Å². The maximum atomic E-state index is 14.1. The molecular weight excluding hydrogens is 353 g/mol. The molecule has 1 aliphatic heterocycles. The number of phenolic OH excluding ortho intramolecular Hbond substituents is 1. The number of nitrogens with zero attached hydrogens (tertiary/aromatic N) is 1. The summed E-state index contributed by atoms with van der Waals surface area (Å²) in [5.74, 6) is -3.11. The Balaban J connectivity index is 1.62. The quantitative estimate of drug-likeness (QED) is 0.715. The largest absolute Gasteiger partial charge is 0.507 e. The van der Waals surface area contributed by atoms with Crippen LogP contribution in [-0.2, 0) is 9.59 Å². The van der Waals surface area contributed by atoms with Crippen molar-refractivity contribution >= 4 is 23.4 Å². The summed E-state index contributed by atoms with van der Waals surface area (Å²) in [4.78, 5) is 37.7. The Morgan fingerprint density at radius 2 is 1.93 bits per heavy atom. The molecule has 1 unspecified atom stereocenters. The number of hydrazine groups is 1. The minimum absolute atomic E-state index is 0.00338. The van der Waals surface area contributed by atoms with Crippen LogP contribution in [0.25, 0.3) is 0 Å². The monoisotopic (exact) mass is 371 g/mol. The number of benzene rings is 2. The number of hydrogen-bond acceptors (Lipinski definition) is 4. The number of carbonyl (C=O) groups excluding carboxylic acids is 3. The van der Waals surface area contributed by atoms with Crippen molar-refractivity contribution in [1.29, 1.82) is 0 Å². The highest BCUT2D eigenvalue weighted by atomic mass is 19.1. The van der Waals surface area contributed by atoms with Gasteiger partial charge in [0.15, 0.2) is 0 Å². The molecule has 3 amide bonds. The van der Waals surface area contributed by atoms with E-state index in [9.17, 15) is 23.9 Å². The summed E-state index contributed by atoms with van der Waals surface area (Å²) in [7, 11) is 0. The standard InChI is InChI=1S/C19H18FN3O4/c1-11-6-7-15(14(20)8-11)23-10-12(9-17(23)25)18(26)21-22-19(27)13-4-2-3-5-16(13)24/h2-8,12,24H,9-10H2,1H3,(H,21,26)(H,22,27). The van der Waals surface area contributed by atoms with E-state index in [-0.39, 0.29) is 35.9 Å². The Bertz CT molecular complexity index is 916. The number of hydrogen-bond donors (Lipinski definition) is 3. The Morgan fingerprint density at radius 3 is 2.63 bits per heavy atom. The van der Waals surface area contributed by atoms with Crippen molar-refractivity contribution in [1.82, 2.24) is 10.9 Å². The van der Waals surface area contributed by atoms with E-state index in [1.54, 1.807) is 25.1 Å². The van der Waals surface area contributed by atoms with E-state index >= 15 is 0 Å². The number of rotatable bonds is 3. The van der Waals surface area contributed by atoms with Crippen molar-refractivity contribution in [2.45, 2.75) is 13.3 Å². The lowest BCUT2D eigenvalue weighted by Gasteiger charge is -2.18. The fourth-order valence-corrected chi connectivity index (χ4v) is 2.90. The van der Waals surface area contributed by atoms with Crippen LogP contribution in [0.15, 0.2) is 42.5 Å². The summed E-state index contributed by atoms with van der Waals surface area (Å²) < 4.78 is 14.1. The first-order valence-electron chi connectivity index (χ1n) is 8.31. The summed E-state index contributed by atoms with van der Waals surface area (Å²) in [5.41, 5.74) is 5.30. The second-order valence-electron chi connectivity index (χ2n) is 6.32. The molecule has 7 nitrogen and oxygen atoms in total. The molecule has 1 aliphatic rings. The molecule has 0 radical (unpaired) electrons. The molecule has 0 aliphatic carbocycles. The molecule has 140 valence electrons. The molecule has 0 spiro atoms. The van der Waals surface area contributed by atoms with Crippen molar-refractivity contribution in [3.63, 3.8) is 0 Å². The van der Waals surface area contributed by atoms with Crippen LogP contribution >= 0.6 is 0 Å². The molecule has 0 aromatic heterocycles. The molecule has 0 bridgehead atoms. The van der Waals surface area contributed by atoms with Crippen LogP contribution in [0.1, 0.15) is 22.3 Å². The number of phenols is 1. The lowest BCUT2D eigenvalue weighted by atomic mass is 10.1. The lowest BCUT2D eigenvalue weighted by Crippen LogP contribution is -2.45. The molecule has 3 rings (SSSR count). The maximum Gasteiger partial charge on any atom is 0.273 e. The molecule has 1 atom stereocenters. The Hall–Kier alpha value is -3.42. The molecule has 1 saturated heterocycles. The summed E-state index contributed by atoms with van der Waals surface area (Å²) >= 11 is 0. The lowest BCUT2D eigenvalue weighted by molar-refractivity contribution is -0.126. The molecule has 8 heteroatoms. The maximum absolute atomic E-state index is 14.1. The molecule has 1 heterocycles. The first-order valence-corrected chi connectivity index (χ1v) is 8.31. The molecule has 2 aromatic carbocycles. The van der Waals surface area contributed by atoms with Gasteiger partial charge in [-0.1, -0.05) is 18.2 Å². The van der Waals surface area contributed by atoms with Crippen molar-refractivity contribution in [2.75, 3.05) is 11.4 Å². The number of halogens is 1. The van der Waals surface area contributed by atoms with Gasteiger partial charge in [-0.25, -0.2) is 4.39 Å². The first-order chi connectivity index (χ1) is 12.9. The van der Waals surface area contributed by atoms with Crippen LogP contribution in [0.5, 0.6) is 5.75 Å².